The van der Waals surface area contributed by atoms with Gasteiger partial charge in [-0.3, -0.25) is 9.59 Å². The van der Waals surface area contributed by atoms with Crippen molar-refractivity contribution in [2.75, 3.05) is 6.26 Å². The van der Waals surface area contributed by atoms with Gasteiger partial charge in [0.05, 0.1) is 5.37 Å². The van der Waals surface area contributed by atoms with Crippen molar-refractivity contribution in [3.05, 3.63) is 0 Å². The number of nitrogens with two attached hydrogens (primary N) is 1. The van der Waals surface area contributed by atoms with E-state index in [0.29, 0.717) is 6.42 Å². The summed E-state index contributed by atoms with van der Waals surface area (Å²) in [6.07, 6.45) is 2.59. The highest BCUT2D eigenvalue weighted by Crippen LogP contribution is 2.07. The van der Waals surface area contributed by atoms with Crippen LogP contribution in [0.1, 0.15) is 19.8 Å². The molecule has 4 nitrogen and oxygen atoms in total. The molecule has 0 amide bonds. The Morgan fingerprint density at radius 1 is 1.58 bits per heavy atom. The van der Waals surface area contributed by atoms with E-state index in [-0.39, 0.29) is 11.8 Å². The van der Waals surface area contributed by atoms with Crippen molar-refractivity contribution < 1.29 is 14.3 Å². The van der Waals surface area contributed by atoms with Gasteiger partial charge in [0.15, 0.2) is 0 Å². The van der Waals surface area contributed by atoms with Gasteiger partial charge in [0, 0.05) is 13.3 Å². The predicted molar refractivity (Wildman–Crippen MR) is 47.5 cm³/mol. The van der Waals surface area contributed by atoms with E-state index in [1.54, 1.807) is 0 Å². The maximum Gasteiger partial charge on any atom is 0.313 e. The van der Waals surface area contributed by atoms with Gasteiger partial charge in [-0.05, 0) is 12.7 Å². The first-order chi connectivity index (χ1) is 5.56. The molecular formula is C7H13NO3S. The Hall–Kier alpha value is -0.550. The van der Waals surface area contributed by atoms with Gasteiger partial charge < -0.3 is 10.5 Å². The number of thioether (sulfide) groups is 1. The lowest BCUT2D eigenvalue weighted by Crippen LogP contribution is -2.18. The topological polar surface area (TPSA) is 69.4 Å². The minimum absolute atomic E-state index is 0.0653. The van der Waals surface area contributed by atoms with Crippen molar-refractivity contribution in [2.45, 2.75) is 25.1 Å². The third-order valence-electron chi connectivity index (χ3n) is 1.19. The van der Waals surface area contributed by atoms with Crippen LogP contribution in [-0.2, 0) is 14.3 Å². The number of hydrogen-bond acceptors (Lipinski definition) is 5. The molecule has 0 aliphatic carbocycles. The molecule has 12 heavy (non-hydrogen) atoms. The third-order valence-corrected chi connectivity index (χ3v) is 2.03. The normalized spacial score (nSPS) is 12.2. The number of rotatable bonds is 4. The van der Waals surface area contributed by atoms with E-state index in [4.69, 9.17) is 5.73 Å². The SMILES string of the molecule is CSC(N)CCC(=O)OC(C)=O. The average Bonchev–Trinajstić information content (AvgIpc) is 1.99. The predicted octanol–water partition coefficient (Wildman–Crippen LogP) is 0.504. The van der Waals surface area contributed by atoms with Crippen LogP contribution in [0.5, 0.6) is 0 Å². The largest absolute Gasteiger partial charge is 0.393 e. The highest BCUT2D eigenvalue weighted by molar-refractivity contribution is 7.99. The van der Waals surface area contributed by atoms with Crippen LogP contribution in [0.2, 0.25) is 0 Å². The molecule has 0 aromatic carbocycles. The highest BCUT2D eigenvalue weighted by atomic mass is 32.2. The Kier molecular flexibility index (Phi) is 5.74. The van der Waals surface area contributed by atoms with Crippen molar-refractivity contribution in [3.63, 3.8) is 0 Å². The molecule has 2 N–H and O–H groups in total. The van der Waals surface area contributed by atoms with E-state index in [9.17, 15) is 9.59 Å². The summed E-state index contributed by atoms with van der Waals surface area (Å²) in [5.74, 6) is -1.08. The third kappa shape index (κ3) is 6.18. The lowest BCUT2D eigenvalue weighted by atomic mass is 10.3. The standard InChI is InChI=1S/C7H13NO3S/c1-5(9)11-7(10)4-3-6(8)12-2/h6H,3-4,8H2,1-2H3. The van der Waals surface area contributed by atoms with Crippen LogP contribution in [0, 0.1) is 0 Å². The van der Waals surface area contributed by atoms with Crippen LogP contribution in [0.25, 0.3) is 0 Å². The van der Waals surface area contributed by atoms with Crippen molar-refractivity contribution in [2.24, 2.45) is 5.73 Å². The molecule has 0 fully saturated rings. The summed E-state index contributed by atoms with van der Waals surface area (Å²) < 4.78 is 4.30. The van der Waals surface area contributed by atoms with Crippen LogP contribution in [0.3, 0.4) is 0 Å². The molecule has 5 heteroatoms. The Morgan fingerprint density at radius 3 is 2.58 bits per heavy atom. The van der Waals surface area contributed by atoms with Gasteiger partial charge in [-0.2, -0.15) is 0 Å². The Bertz CT molecular complexity index is 172. The van der Waals surface area contributed by atoms with E-state index in [1.165, 1.54) is 18.7 Å². The van der Waals surface area contributed by atoms with Crippen LogP contribution >= 0.6 is 11.8 Å². The van der Waals surface area contributed by atoms with Crippen LogP contribution in [0.15, 0.2) is 0 Å². The molecule has 0 saturated carbocycles. The Morgan fingerprint density at radius 2 is 2.17 bits per heavy atom. The molecule has 0 spiro atoms. The minimum atomic E-state index is -0.572. The van der Waals surface area contributed by atoms with Gasteiger partial charge in [-0.1, -0.05) is 0 Å². The van der Waals surface area contributed by atoms with Gasteiger partial charge in [0.1, 0.15) is 0 Å². The van der Waals surface area contributed by atoms with Crippen molar-refractivity contribution in [1.29, 1.82) is 0 Å². The molecule has 0 aliphatic rings. The van der Waals surface area contributed by atoms with Crippen LogP contribution in [-0.4, -0.2) is 23.6 Å². The fraction of sp³-hybridized carbons (Fsp3) is 0.714. The molecule has 1 unspecified atom stereocenters. The minimum Gasteiger partial charge on any atom is -0.393 e. The van der Waals surface area contributed by atoms with E-state index in [0.717, 1.165) is 0 Å². The second-order valence-electron chi connectivity index (χ2n) is 2.28. The molecule has 0 heterocycles. The fourth-order valence-corrected chi connectivity index (χ4v) is 0.943. The van der Waals surface area contributed by atoms with Crippen molar-refractivity contribution in [1.82, 2.24) is 0 Å². The molecule has 0 aromatic rings. The summed E-state index contributed by atoms with van der Waals surface area (Å²) in [4.78, 5) is 21.1. The summed E-state index contributed by atoms with van der Waals surface area (Å²) in [7, 11) is 0. The van der Waals surface area contributed by atoms with Gasteiger partial charge in [-0.15, -0.1) is 11.8 Å². The van der Waals surface area contributed by atoms with Gasteiger partial charge in [-0.25, -0.2) is 0 Å². The molecule has 0 aromatic heterocycles. The van der Waals surface area contributed by atoms with E-state index >= 15 is 0 Å². The van der Waals surface area contributed by atoms with E-state index < -0.39 is 11.9 Å². The monoisotopic (exact) mass is 191 g/mol. The average molecular weight is 191 g/mol. The van der Waals surface area contributed by atoms with Gasteiger partial charge in [0.25, 0.3) is 0 Å². The zero-order chi connectivity index (χ0) is 9.56. The first-order valence-electron chi connectivity index (χ1n) is 3.56. The lowest BCUT2D eigenvalue weighted by Gasteiger charge is -2.05. The smallest absolute Gasteiger partial charge is 0.313 e. The molecule has 0 saturated heterocycles. The van der Waals surface area contributed by atoms with Crippen LogP contribution in [0.4, 0.5) is 0 Å². The molecule has 1 atom stereocenters. The second kappa shape index (κ2) is 6.02. The van der Waals surface area contributed by atoms with E-state index in [1.807, 2.05) is 6.26 Å². The summed E-state index contributed by atoms with van der Waals surface area (Å²) in [6, 6.07) is 0. The van der Waals surface area contributed by atoms with Crippen molar-refractivity contribution >= 4 is 23.7 Å². The molecule has 0 radical (unpaired) electrons. The summed E-state index contributed by atoms with van der Waals surface area (Å²) in [5.41, 5.74) is 5.52. The maximum atomic E-state index is 10.8. The van der Waals surface area contributed by atoms with Crippen molar-refractivity contribution in [3.8, 4) is 0 Å². The lowest BCUT2D eigenvalue weighted by molar-refractivity contribution is -0.158. The highest BCUT2D eigenvalue weighted by Gasteiger charge is 2.08. The molecule has 0 aliphatic heterocycles. The molecule has 0 bridgehead atoms. The van der Waals surface area contributed by atoms with E-state index in [2.05, 4.69) is 4.74 Å². The molecule has 70 valence electrons. The zero-order valence-electron chi connectivity index (χ0n) is 7.20. The number of ether oxygens (including phenoxy) is 1. The number of carbonyl (C=O) groups excluding carboxylic acids is 2. The first kappa shape index (κ1) is 11.4. The first-order valence-corrected chi connectivity index (χ1v) is 4.84. The summed E-state index contributed by atoms with van der Waals surface area (Å²) in [6.45, 7) is 1.20. The number of esters is 2. The van der Waals surface area contributed by atoms with Crippen LogP contribution < -0.4 is 5.73 Å². The second-order valence-corrected chi connectivity index (χ2v) is 3.36. The number of hydrogen-bond donors (Lipinski definition) is 1. The quantitative estimate of drug-likeness (QED) is 0.398. The Balaban J connectivity index is 3.50. The maximum absolute atomic E-state index is 10.8. The zero-order valence-corrected chi connectivity index (χ0v) is 8.02. The molecule has 0 rings (SSSR count). The molecular weight excluding hydrogens is 178 g/mol. The summed E-state index contributed by atoms with van der Waals surface area (Å²) >= 11 is 1.47. The number of carbonyl (C=O) groups is 2. The fourth-order valence-electron chi connectivity index (χ4n) is 0.589. The van der Waals surface area contributed by atoms with Gasteiger partial charge >= 0.3 is 11.9 Å². The summed E-state index contributed by atoms with van der Waals surface area (Å²) in [5, 5.41) is -0.0653. The Labute approximate surface area is 75.8 Å². The van der Waals surface area contributed by atoms with Gasteiger partial charge in [0.2, 0.25) is 0 Å².